The van der Waals surface area contributed by atoms with E-state index in [1.165, 1.54) is 5.56 Å². The number of hydrogen-bond acceptors (Lipinski definition) is 5. The molecule has 0 radical (unpaired) electrons. The van der Waals surface area contributed by atoms with Gasteiger partial charge in [0.1, 0.15) is 0 Å². The Kier molecular flexibility index (Phi) is 6.18. The fourth-order valence-corrected chi connectivity index (χ4v) is 3.43. The zero-order chi connectivity index (χ0) is 16.8. The summed E-state index contributed by atoms with van der Waals surface area (Å²) in [6, 6.07) is 4.48. The van der Waals surface area contributed by atoms with Gasteiger partial charge in [0.2, 0.25) is 5.91 Å². The highest BCUT2D eigenvalue weighted by Crippen LogP contribution is 2.20. The summed E-state index contributed by atoms with van der Waals surface area (Å²) in [4.78, 5) is 21.0. The van der Waals surface area contributed by atoms with Crippen LogP contribution in [0.5, 0.6) is 0 Å². The summed E-state index contributed by atoms with van der Waals surface area (Å²) in [7, 11) is 0. The van der Waals surface area contributed by atoms with Crippen LogP contribution in [0.25, 0.3) is 0 Å². The molecule has 1 amide bonds. The highest BCUT2D eigenvalue weighted by molar-refractivity contribution is 5.78. The minimum Gasteiger partial charge on any atom is -0.376 e. The third-order valence-corrected chi connectivity index (χ3v) is 5.04. The van der Waals surface area contributed by atoms with Gasteiger partial charge in [-0.25, -0.2) is 0 Å². The lowest BCUT2D eigenvalue weighted by Gasteiger charge is -2.37. The van der Waals surface area contributed by atoms with E-state index in [0.29, 0.717) is 19.1 Å². The van der Waals surface area contributed by atoms with Gasteiger partial charge in [-0.3, -0.25) is 19.6 Å². The molecule has 6 heteroatoms. The van der Waals surface area contributed by atoms with Crippen molar-refractivity contribution in [2.75, 3.05) is 45.9 Å². The molecule has 0 aromatic carbocycles. The predicted octanol–water partition coefficient (Wildman–Crippen LogP) is 1.06. The number of carbonyl (C=O) groups is 1. The van der Waals surface area contributed by atoms with Crippen LogP contribution in [0.15, 0.2) is 24.5 Å². The van der Waals surface area contributed by atoms with Gasteiger partial charge in [0.25, 0.3) is 0 Å². The standard InChI is InChI=1S/C18H28N4O2/c1-15(16-4-2-6-19-12-16)22-9-7-21(8-10-22)14-18(23)20-13-17-5-3-11-24-17/h2,4,6,12,15,17H,3,5,7-11,13-14H2,1H3,(H,20,23)/t15-,17+/m1/s1. The Balaban J connectivity index is 1.37. The molecule has 24 heavy (non-hydrogen) atoms. The Bertz CT molecular complexity index is 511. The number of piperazine rings is 1. The van der Waals surface area contributed by atoms with E-state index < -0.39 is 0 Å². The van der Waals surface area contributed by atoms with Crippen LogP contribution in [0.1, 0.15) is 31.4 Å². The van der Waals surface area contributed by atoms with Crippen LogP contribution < -0.4 is 5.32 Å². The van der Waals surface area contributed by atoms with Crippen molar-refractivity contribution >= 4 is 5.91 Å². The minimum atomic E-state index is 0.110. The molecule has 2 aliphatic heterocycles. The highest BCUT2D eigenvalue weighted by Gasteiger charge is 2.23. The van der Waals surface area contributed by atoms with Crippen LogP contribution in [0.2, 0.25) is 0 Å². The van der Waals surface area contributed by atoms with Crippen molar-refractivity contribution in [1.82, 2.24) is 20.1 Å². The average molecular weight is 332 g/mol. The number of nitrogens with zero attached hydrogens (tertiary/aromatic N) is 3. The smallest absolute Gasteiger partial charge is 0.234 e. The van der Waals surface area contributed by atoms with Gasteiger partial charge in [-0.1, -0.05) is 6.07 Å². The SMILES string of the molecule is C[C@H](c1cccnc1)N1CCN(CC(=O)NC[C@@H]2CCCO2)CC1. The van der Waals surface area contributed by atoms with E-state index >= 15 is 0 Å². The van der Waals surface area contributed by atoms with Gasteiger partial charge in [0.05, 0.1) is 12.6 Å². The molecule has 3 rings (SSSR count). The molecule has 2 saturated heterocycles. The Labute approximate surface area is 144 Å². The molecular weight excluding hydrogens is 304 g/mol. The van der Waals surface area contributed by atoms with E-state index in [4.69, 9.17) is 4.74 Å². The second-order valence-electron chi connectivity index (χ2n) is 6.71. The van der Waals surface area contributed by atoms with Crippen molar-refractivity contribution in [3.8, 4) is 0 Å². The highest BCUT2D eigenvalue weighted by atomic mass is 16.5. The Morgan fingerprint density at radius 2 is 2.25 bits per heavy atom. The van der Waals surface area contributed by atoms with Crippen molar-refractivity contribution in [2.45, 2.75) is 31.9 Å². The molecule has 0 spiro atoms. The number of hydrogen-bond donors (Lipinski definition) is 1. The zero-order valence-corrected chi connectivity index (χ0v) is 14.5. The normalized spacial score (nSPS) is 24.0. The first-order chi connectivity index (χ1) is 11.7. The predicted molar refractivity (Wildman–Crippen MR) is 92.6 cm³/mol. The summed E-state index contributed by atoms with van der Waals surface area (Å²) in [5.74, 6) is 0.110. The fourth-order valence-electron chi connectivity index (χ4n) is 3.43. The number of nitrogens with one attached hydrogen (secondary N) is 1. The Morgan fingerprint density at radius 1 is 1.42 bits per heavy atom. The molecular formula is C18H28N4O2. The lowest BCUT2D eigenvalue weighted by atomic mass is 10.1. The van der Waals surface area contributed by atoms with Gasteiger partial charge >= 0.3 is 0 Å². The summed E-state index contributed by atoms with van der Waals surface area (Å²) >= 11 is 0. The number of carbonyl (C=O) groups excluding carboxylic acids is 1. The quantitative estimate of drug-likeness (QED) is 0.844. The Hall–Kier alpha value is -1.50. The molecule has 1 aromatic rings. The monoisotopic (exact) mass is 332 g/mol. The minimum absolute atomic E-state index is 0.110. The first kappa shape index (κ1) is 17.3. The molecule has 132 valence electrons. The lowest BCUT2D eigenvalue weighted by Crippen LogP contribution is -2.50. The summed E-state index contributed by atoms with van der Waals surface area (Å²) in [6.07, 6.45) is 6.13. The molecule has 1 N–H and O–H groups in total. The van der Waals surface area contributed by atoms with Gasteiger partial charge in [0.15, 0.2) is 0 Å². The topological polar surface area (TPSA) is 57.7 Å². The summed E-state index contributed by atoms with van der Waals surface area (Å²) < 4.78 is 5.54. The van der Waals surface area contributed by atoms with Crippen LogP contribution in [0.3, 0.4) is 0 Å². The van der Waals surface area contributed by atoms with E-state index in [0.717, 1.165) is 45.6 Å². The molecule has 0 unspecified atom stereocenters. The summed E-state index contributed by atoms with van der Waals surface area (Å²) in [5, 5.41) is 3.00. The largest absolute Gasteiger partial charge is 0.376 e. The Morgan fingerprint density at radius 3 is 2.92 bits per heavy atom. The third kappa shape index (κ3) is 4.75. The first-order valence-electron chi connectivity index (χ1n) is 8.97. The number of ether oxygens (including phenoxy) is 1. The van der Waals surface area contributed by atoms with E-state index in [-0.39, 0.29) is 12.0 Å². The maximum Gasteiger partial charge on any atom is 0.234 e. The van der Waals surface area contributed by atoms with Crippen molar-refractivity contribution in [1.29, 1.82) is 0 Å². The number of aromatic nitrogens is 1. The zero-order valence-electron chi connectivity index (χ0n) is 14.5. The molecule has 2 fully saturated rings. The number of rotatable bonds is 6. The molecule has 3 heterocycles. The van der Waals surface area contributed by atoms with Crippen LogP contribution in [-0.4, -0.2) is 72.7 Å². The second-order valence-corrected chi connectivity index (χ2v) is 6.71. The van der Waals surface area contributed by atoms with E-state index in [2.05, 4.69) is 33.1 Å². The maximum atomic E-state index is 12.1. The van der Waals surface area contributed by atoms with Crippen molar-refractivity contribution in [3.05, 3.63) is 30.1 Å². The lowest BCUT2D eigenvalue weighted by molar-refractivity contribution is -0.123. The first-order valence-corrected chi connectivity index (χ1v) is 8.97. The second kappa shape index (κ2) is 8.55. The molecule has 0 aliphatic carbocycles. The maximum absolute atomic E-state index is 12.1. The summed E-state index contributed by atoms with van der Waals surface area (Å²) in [5.41, 5.74) is 1.25. The number of pyridine rings is 1. The van der Waals surface area contributed by atoms with Crippen molar-refractivity contribution < 1.29 is 9.53 Å². The fraction of sp³-hybridized carbons (Fsp3) is 0.667. The van der Waals surface area contributed by atoms with Crippen LogP contribution in [0, 0.1) is 0 Å². The van der Waals surface area contributed by atoms with Gasteiger partial charge < -0.3 is 10.1 Å². The van der Waals surface area contributed by atoms with E-state index in [1.807, 2.05) is 18.5 Å². The van der Waals surface area contributed by atoms with Gasteiger partial charge in [-0.2, -0.15) is 0 Å². The van der Waals surface area contributed by atoms with E-state index in [1.54, 1.807) is 0 Å². The van der Waals surface area contributed by atoms with Crippen molar-refractivity contribution in [2.24, 2.45) is 0 Å². The summed E-state index contributed by atoms with van der Waals surface area (Å²) in [6.45, 7) is 8.01. The average Bonchev–Trinajstić information content (AvgIpc) is 3.14. The molecule has 2 aliphatic rings. The number of amides is 1. The van der Waals surface area contributed by atoms with Gasteiger partial charge in [-0.05, 0) is 31.4 Å². The molecule has 1 aromatic heterocycles. The van der Waals surface area contributed by atoms with E-state index in [9.17, 15) is 4.79 Å². The van der Waals surface area contributed by atoms with Gasteiger partial charge in [0, 0.05) is 57.8 Å². The van der Waals surface area contributed by atoms with Crippen LogP contribution in [-0.2, 0) is 9.53 Å². The van der Waals surface area contributed by atoms with Crippen LogP contribution >= 0.6 is 0 Å². The molecule has 2 atom stereocenters. The third-order valence-electron chi connectivity index (χ3n) is 5.04. The van der Waals surface area contributed by atoms with Crippen molar-refractivity contribution in [3.63, 3.8) is 0 Å². The molecule has 0 saturated carbocycles. The van der Waals surface area contributed by atoms with Gasteiger partial charge in [-0.15, -0.1) is 0 Å². The van der Waals surface area contributed by atoms with Crippen LogP contribution in [0.4, 0.5) is 0 Å². The molecule has 6 nitrogen and oxygen atoms in total. The molecule has 0 bridgehead atoms.